The summed E-state index contributed by atoms with van der Waals surface area (Å²) in [4.78, 5) is 29.1. The summed E-state index contributed by atoms with van der Waals surface area (Å²) in [5, 5.41) is 8.64. The molecule has 2 fully saturated rings. The van der Waals surface area contributed by atoms with Crippen molar-refractivity contribution >= 4 is 11.8 Å². The Bertz CT molecular complexity index is 653. The third-order valence-corrected chi connectivity index (χ3v) is 5.56. The lowest BCUT2D eigenvalue weighted by Crippen LogP contribution is -2.52. The minimum atomic E-state index is 0.0544. The van der Waals surface area contributed by atoms with Crippen molar-refractivity contribution in [1.29, 1.82) is 5.26 Å². The van der Waals surface area contributed by atoms with Crippen LogP contribution in [0.1, 0.15) is 55.3 Å². The summed E-state index contributed by atoms with van der Waals surface area (Å²) in [6.45, 7) is 0. The van der Waals surface area contributed by atoms with Crippen molar-refractivity contribution in [1.82, 2.24) is 9.80 Å². The van der Waals surface area contributed by atoms with Gasteiger partial charge in [-0.15, -0.1) is 0 Å². The SMILES string of the molecule is CN(C(=O)c1ccccc1)C1CC2CCC(C1)N2C(=O)CCCC#N. The molecule has 2 bridgehead atoms. The van der Waals surface area contributed by atoms with E-state index in [1.165, 1.54) is 0 Å². The summed E-state index contributed by atoms with van der Waals surface area (Å²) in [7, 11) is 1.88. The van der Waals surface area contributed by atoms with Crippen LogP contribution in [-0.4, -0.2) is 46.8 Å². The highest BCUT2D eigenvalue weighted by Gasteiger charge is 2.44. The predicted molar refractivity (Wildman–Crippen MR) is 94.7 cm³/mol. The molecule has 5 nitrogen and oxygen atoms in total. The number of carbonyl (C=O) groups excluding carboxylic acids is 2. The van der Waals surface area contributed by atoms with E-state index in [0.717, 1.165) is 25.7 Å². The molecule has 0 aromatic heterocycles. The number of carbonyl (C=O) groups is 2. The first-order valence-corrected chi connectivity index (χ1v) is 9.12. The molecule has 0 N–H and O–H groups in total. The summed E-state index contributed by atoms with van der Waals surface area (Å²) in [6, 6.07) is 12.1. The van der Waals surface area contributed by atoms with Crippen LogP contribution < -0.4 is 0 Å². The molecule has 132 valence electrons. The van der Waals surface area contributed by atoms with Gasteiger partial charge in [0.05, 0.1) is 6.07 Å². The van der Waals surface area contributed by atoms with Crippen molar-refractivity contribution < 1.29 is 9.59 Å². The molecule has 2 unspecified atom stereocenters. The third kappa shape index (κ3) is 3.68. The van der Waals surface area contributed by atoms with E-state index in [1.54, 1.807) is 0 Å². The van der Waals surface area contributed by atoms with Crippen LogP contribution in [0.5, 0.6) is 0 Å². The standard InChI is InChI=1S/C20H25N3O2/c1-22(20(25)15-7-3-2-4-8-15)18-13-16-10-11-17(14-18)23(16)19(24)9-5-6-12-21/h2-4,7-8,16-18H,5-6,9-11,13-14H2,1H3. The molecular weight excluding hydrogens is 314 g/mol. The van der Waals surface area contributed by atoms with E-state index in [1.807, 2.05) is 42.3 Å². The lowest BCUT2D eigenvalue weighted by atomic mass is 9.95. The second-order valence-electron chi connectivity index (χ2n) is 7.10. The van der Waals surface area contributed by atoms with Crippen molar-refractivity contribution in [2.75, 3.05) is 7.05 Å². The second kappa shape index (κ2) is 7.69. The minimum Gasteiger partial charge on any atom is -0.339 e. The Hall–Kier alpha value is -2.35. The zero-order chi connectivity index (χ0) is 17.8. The topological polar surface area (TPSA) is 64.4 Å². The molecule has 2 saturated heterocycles. The van der Waals surface area contributed by atoms with Gasteiger partial charge in [-0.1, -0.05) is 18.2 Å². The Morgan fingerprint density at radius 3 is 2.44 bits per heavy atom. The molecule has 0 aliphatic carbocycles. The number of benzene rings is 1. The molecule has 2 aliphatic heterocycles. The Labute approximate surface area is 149 Å². The first-order valence-electron chi connectivity index (χ1n) is 9.12. The van der Waals surface area contributed by atoms with Crippen molar-refractivity contribution in [3.8, 4) is 6.07 Å². The molecule has 0 radical (unpaired) electrons. The number of nitriles is 1. The minimum absolute atomic E-state index is 0.0544. The highest BCUT2D eigenvalue weighted by Crippen LogP contribution is 2.38. The van der Waals surface area contributed by atoms with Gasteiger partial charge in [0, 0.05) is 43.6 Å². The zero-order valence-electron chi connectivity index (χ0n) is 14.7. The Morgan fingerprint density at radius 2 is 1.84 bits per heavy atom. The van der Waals surface area contributed by atoms with E-state index in [-0.39, 0.29) is 29.9 Å². The fourth-order valence-electron chi connectivity index (χ4n) is 4.27. The highest BCUT2D eigenvalue weighted by atomic mass is 16.2. The Morgan fingerprint density at radius 1 is 1.20 bits per heavy atom. The number of hydrogen-bond donors (Lipinski definition) is 0. The van der Waals surface area contributed by atoms with Crippen LogP contribution in [-0.2, 0) is 4.79 Å². The first-order chi connectivity index (χ1) is 12.1. The maximum Gasteiger partial charge on any atom is 0.253 e. The van der Waals surface area contributed by atoms with E-state index >= 15 is 0 Å². The predicted octanol–water partition coefficient (Wildman–Crippen LogP) is 2.97. The van der Waals surface area contributed by atoms with Gasteiger partial charge in [0.25, 0.3) is 5.91 Å². The number of amides is 2. The van der Waals surface area contributed by atoms with Gasteiger partial charge in [0.2, 0.25) is 5.91 Å². The fourth-order valence-corrected chi connectivity index (χ4v) is 4.27. The smallest absolute Gasteiger partial charge is 0.253 e. The van der Waals surface area contributed by atoms with Gasteiger partial charge in [-0.2, -0.15) is 5.26 Å². The highest BCUT2D eigenvalue weighted by molar-refractivity contribution is 5.94. The number of fused-ring (bicyclic) bond motifs is 2. The molecule has 2 aliphatic rings. The van der Waals surface area contributed by atoms with E-state index in [4.69, 9.17) is 5.26 Å². The number of nitrogens with zero attached hydrogens (tertiary/aromatic N) is 3. The van der Waals surface area contributed by atoms with Crippen molar-refractivity contribution in [2.24, 2.45) is 0 Å². The number of rotatable bonds is 5. The lowest BCUT2D eigenvalue weighted by Gasteiger charge is -2.42. The molecule has 0 saturated carbocycles. The van der Waals surface area contributed by atoms with Crippen LogP contribution in [0.2, 0.25) is 0 Å². The lowest BCUT2D eigenvalue weighted by molar-refractivity contribution is -0.136. The van der Waals surface area contributed by atoms with Gasteiger partial charge in [-0.3, -0.25) is 9.59 Å². The fraction of sp³-hybridized carbons (Fsp3) is 0.550. The van der Waals surface area contributed by atoms with E-state index in [2.05, 4.69) is 11.0 Å². The van der Waals surface area contributed by atoms with Crippen LogP contribution >= 0.6 is 0 Å². The summed E-state index contributed by atoms with van der Waals surface area (Å²) < 4.78 is 0. The van der Waals surface area contributed by atoms with E-state index in [9.17, 15) is 9.59 Å². The van der Waals surface area contributed by atoms with Gasteiger partial charge in [0.15, 0.2) is 0 Å². The molecule has 0 spiro atoms. The molecule has 25 heavy (non-hydrogen) atoms. The normalized spacial score (nSPS) is 24.6. The van der Waals surface area contributed by atoms with Gasteiger partial charge in [-0.05, 0) is 44.2 Å². The first kappa shape index (κ1) is 17.5. The summed E-state index contributed by atoms with van der Waals surface area (Å²) in [5.41, 5.74) is 0.715. The molecule has 1 aromatic rings. The molecule has 2 amide bonds. The van der Waals surface area contributed by atoms with Crippen molar-refractivity contribution in [3.63, 3.8) is 0 Å². The molecule has 2 heterocycles. The monoisotopic (exact) mass is 339 g/mol. The molecule has 5 heteroatoms. The second-order valence-corrected chi connectivity index (χ2v) is 7.10. The van der Waals surface area contributed by atoms with Gasteiger partial charge < -0.3 is 9.80 Å². The zero-order valence-corrected chi connectivity index (χ0v) is 14.7. The van der Waals surface area contributed by atoms with Gasteiger partial charge >= 0.3 is 0 Å². The summed E-state index contributed by atoms with van der Waals surface area (Å²) in [6.07, 6.45) is 5.30. The number of unbranched alkanes of at least 4 members (excludes halogenated alkanes) is 1. The maximum atomic E-state index is 12.7. The largest absolute Gasteiger partial charge is 0.339 e. The average molecular weight is 339 g/mol. The van der Waals surface area contributed by atoms with E-state index in [0.29, 0.717) is 24.8 Å². The quantitative estimate of drug-likeness (QED) is 0.775. The number of hydrogen-bond acceptors (Lipinski definition) is 3. The average Bonchev–Trinajstić information content (AvgIpc) is 2.91. The van der Waals surface area contributed by atoms with Crippen LogP contribution in [0.15, 0.2) is 30.3 Å². The number of piperidine rings is 1. The van der Waals surface area contributed by atoms with Crippen LogP contribution in [0.3, 0.4) is 0 Å². The Balaban J connectivity index is 1.62. The molecule has 3 rings (SSSR count). The summed E-state index contributed by atoms with van der Waals surface area (Å²) >= 11 is 0. The Kier molecular flexibility index (Phi) is 5.37. The van der Waals surface area contributed by atoms with Gasteiger partial charge in [-0.25, -0.2) is 0 Å². The van der Waals surface area contributed by atoms with Crippen LogP contribution in [0.4, 0.5) is 0 Å². The maximum absolute atomic E-state index is 12.7. The van der Waals surface area contributed by atoms with Crippen molar-refractivity contribution in [3.05, 3.63) is 35.9 Å². The van der Waals surface area contributed by atoms with E-state index < -0.39 is 0 Å². The third-order valence-electron chi connectivity index (χ3n) is 5.56. The van der Waals surface area contributed by atoms with Crippen LogP contribution in [0.25, 0.3) is 0 Å². The molecular formula is C20H25N3O2. The van der Waals surface area contributed by atoms with Gasteiger partial charge in [0.1, 0.15) is 0 Å². The molecule has 2 atom stereocenters. The molecule has 1 aromatic carbocycles. The summed E-state index contributed by atoms with van der Waals surface area (Å²) in [5.74, 6) is 0.233. The van der Waals surface area contributed by atoms with Crippen LogP contribution in [0, 0.1) is 11.3 Å². The van der Waals surface area contributed by atoms with Crippen molar-refractivity contribution in [2.45, 2.75) is 63.1 Å².